The van der Waals surface area contributed by atoms with Crippen molar-refractivity contribution in [2.45, 2.75) is 38.0 Å². The molecule has 1 fully saturated rings. The molecule has 128 valence electrons. The maximum Gasteiger partial charge on any atom is 0.237 e. The highest BCUT2D eigenvalue weighted by Gasteiger charge is 2.26. The normalized spacial score (nSPS) is 18.9. The molecule has 2 atom stereocenters. The van der Waals surface area contributed by atoms with Gasteiger partial charge in [-0.05, 0) is 43.0 Å². The highest BCUT2D eigenvalue weighted by Crippen LogP contribution is 2.27. The maximum atomic E-state index is 12.8. The average molecular weight is 344 g/mol. The van der Waals surface area contributed by atoms with Crippen molar-refractivity contribution in [2.24, 2.45) is 5.92 Å². The highest BCUT2D eigenvalue weighted by atomic mass is 32.2. The van der Waals surface area contributed by atoms with Gasteiger partial charge in [-0.25, -0.2) is 0 Å². The third-order valence-corrected chi connectivity index (χ3v) is 5.93. The molecule has 1 saturated heterocycles. The fourth-order valence-corrected chi connectivity index (χ4v) is 4.25. The van der Waals surface area contributed by atoms with Crippen LogP contribution in [0, 0.1) is 5.92 Å². The van der Waals surface area contributed by atoms with E-state index in [0.29, 0.717) is 6.10 Å². The predicted molar refractivity (Wildman–Crippen MR) is 100 cm³/mol. The highest BCUT2D eigenvalue weighted by molar-refractivity contribution is 8.00. The molecule has 0 bridgehead atoms. The summed E-state index contributed by atoms with van der Waals surface area (Å²) in [6, 6.07) is 9.70. The van der Waals surface area contributed by atoms with Crippen molar-refractivity contribution in [3.05, 3.63) is 36.5 Å². The minimum atomic E-state index is -0.0823. The van der Waals surface area contributed by atoms with Crippen LogP contribution in [0.4, 0.5) is 5.69 Å². The van der Waals surface area contributed by atoms with Gasteiger partial charge in [0.05, 0.1) is 22.6 Å². The summed E-state index contributed by atoms with van der Waals surface area (Å²) in [5.41, 5.74) is 1.72. The summed E-state index contributed by atoms with van der Waals surface area (Å²) < 4.78 is 5.68. The van der Waals surface area contributed by atoms with Crippen LogP contribution in [-0.4, -0.2) is 34.6 Å². The minimum absolute atomic E-state index is 0.0596. The second-order valence-corrected chi connectivity index (χ2v) is 7.67. The van der Waals surface area contributed by atoms with Crippen LogP contribution >= 0.6 is 11.8 Å². The Morgan fingerprint density at radius 3 is 3.00 bits per heavy atom. The summed E-state index contributed by atoms with van der Waals surface area (Å²) in [6.07, 6.45) is 4.30. The number of ether oxygens (including phenoxy) is 1. The van der Waals surface area contributed by atoms with Crippen LogP contribution in [0.15, 0.2) is 36.5 Å². The molecular weight excluding hydrogens is 320 g/mol. The summed E-state index contributed by atoms with van der Waals surface area (Å²) in [5, 5.41) is 3.99. The van der Waals surface area contributed by atoms with Crippen LogP contribution in [-0.2, 0) is 9.53 Å². The smallest absolute Gasteiger partial charge is 0.237 e. The number of anilines is 1. The number of carbonyl (C=O) groups excluding carboxylic acids is 1. The van der Waals surface area contributed by atoms with E-state index in [4.69, 9.17) is 4.74 Å². The number of hydrogen-bond donors (Lipinski definition) is 1. The predicted octanol–water partition coefficient (Wildman–Crippen LogP) is 4.11. The van der Waals surface area contributed by atoms with Gasteiger partial charge in [-0.15, -0.1) is 11.8 Å². The Labute approximate surface area is 147 Å². The number of fused-ring (bicyclic) bond motifs is 1. The Bertz CT molecular complexity index is 693. The molecule has 4 nitrogen and oxygen atoms in total. The monoisotopic (exact) mass is 344 g/mol. The van der Waals surface area contributed by atoms with Crippen LogP contribution in [0.2, 0.25) is 0 Å². The number of carbonyl (C=O) groups is 1. The Morgan fingerprint density at radius 2 is 2.25 bits per heavy atom. The van der Waals surface area contributed by atoms with E-state index in [2.05, 4.69) is 24.1 Å². The van der Waals surface area contributed by atoms with Gasteiger partial charge >= 0.3 is 0 Å². The molecule has 0 spiro atoms. The molecule has 1 amide bonds. The molecule has 24 heavy (non-hydrogen) atoms. The summed E-state index contributed by atoms with van der Waals surface area (Å²) in [4.78, 5) is 17.2. The van der Waals surface area contributed by atoms with Crippen LogP contribution in [0.25, 0.3) is 10.9 Å². The second-order valence-electron chi connectivity index (χ2n) is 6.50. The fraction of sp³-hybridized carbons (Fsp3) is 0.474. The van der Waals surface area contributed by atoms with Crippen LogP contribution in [0.5, 0.6) is 0 Å². The minimum Gasteiger partial charge on any atom is -0.377 e. The second kappa shape index (κ2) is 7.99. The molecule has 1 aliphatic rings. The summed E-state index contributed by atoms with van der Waals surface area (Å²) in [5.74, 6) is 1.21. The summed E-state index contributed by atoms with van der Waals surface area (Å²) in [6.45, 7) is 5.04. The lowest BCUT2D eigenvalue weighted by Gasteiger charge is -2.21. The number of aromatic nitrogens is 1. The molecule has 2 unspecified atom stereocenters. The Balaban J connectivity index is 1.70. The van der Waals surface area contributed by atoms with Gasteiger partial charge in [0, 0.05) is 23.9 Å². The van der Waals surface area contributed by atoms with E-state index in [1.165, 1.54) is 0 Å². The molecule has 0 saturated carbocycles. The molecule has 1 N–H and O–H groups in total. The van der Waals surface area contributed by atoms with Gasteiger partial charge in [0.15, 0.2) is 0 Å². The lowest BCUT2D eigenvalue weighted by atomic mass is 10.1. The van der Waals surface area contributed by atoms with Crippen LogP contribution < -0.4 is 5.32 Å². The van der Waals surface area contributed by atoms with Gasteiger partial charge < -0.3 is 10.1 Å². The fourth-order valence-electron chi connectivity index (χ4n) is 2.97. The first-order valence-corrected chi connectivity index (χ1v) is 9.58. The van der Waals surface area contributed by atoms with E-state index < -0.39 is 0 Å². The van der Waals surface area contributed by atoms with Gasteiger partial charge in [-0.3, -0.25) is 9.78 Å². The van der Waals surface area contributed by atoms with E-state index in [-0.39, 0.29) is 17.1 Å². The zero-order valence-electron chi connectivity index (χ0n) is 14.2. The summed E-state index contributed by atoms with van der Waals surface area (Å²) >= 11 is 1.71. The first kappa shape index (κ1) is 17.2. The van der Waals surface area contributed by atoms with Crippen molar-refractivity contribution >= 4 is 34.3 Å². The van der Waals surface area contributed by atoms with Gasteiger partial charge in [-0.2, -0.15) is 0 Å². The van der Waals surface area contributed by atoms with E-state index >= 15 is 0 Å². The third-order valence-electron chi connectivity index (χ3n) is 4.25. The zero-order valence-corrected chi connectivity index (χ0v) is 15.0. The lowest BCUT2D eigenvalue weighted by Crippen LogP contribution is -2.31. The van der Waals surface area contributed by atoms with E-state index in [0.717, 1.165) is 41.8 Å². The number of rotatable bonds is 6. The first-order chi connectivity index (χ1) is 11.6. The Kier molecular flexibility index (Phi) is 5.74. The van der Waals surface area contributed by atoms with Crippen molar-refractivity contribution in [3.63, 3.8) is 0 Å². The zero-order chi connectivity index (χ0) is 16.9. The molecule has 2 heterocycles. The molecule has 0 radical (unpaired) electrons. The van der Waals surface area contributed by atoms with Crippen molar-refractivity contribution in [1.29, 1.82) is 0 Å². The number of amides is 1. The third kappa shape index (κ3) is 4.08. The van der Waals surface area contributed by atoms with Crippen molar-refractivity contribution in [1.82, 2.24) is 4.98 Å². The molecule has 0 aliphatic carbocycles. The van der Waals surface area contributed by atoms with Gasteiger partial charge in [-0.1, -0.05) is 19.9 Å². The van der Waals surface area contributed by atoms with Crippen molar-refractivity contribution in [2.75, 3.05) is 17.7 Å². The Morgan fingerprint density at radius 1 is 1.38 bits per heavy atom. The number of pyridine rings is 1. The van der Waals surface area contributed by atoms with Crippen molar-refractivity contribution < 1.29 is 9.53 Å². The van der Waals surface area contributed by atoms with E-state index in [1.807, 2.05) is 30.3 Å². The largest absolute Gasteiger partial charge is 0.377 e. The molecular formula is C19H24N2O2S. The first-order valence-electron chi connectivity index (χ1n) is 8.53. The van der Waals surface area contributed by atoms with Gasteiger partial charge in [0.25, 0.3) is 0 Å². The lowest BCUT2D eigenvalue weighted by molar-refractivity contribution is -0.116. The molecule has 1 aliphatic heterocycles. The molecule has 3 rings (SSSR count). The Hall–Kier alpha value is -1.59. The van der Waals surface area contributed by atoms with Crippen LogP contribution in [0.1, 0.15) is 26.7 Å². The number of nitrogens with one attached hydrogen (secondary N) is 1. The van der Waals surface area contributed by atoms with Gasteiger partial charge in [0.1, 0.15) is 0 Å². The molecule has 2 aromatic rings. The number of thioether (sulfide) groups is 1. The maximum absolute atomic E-state index is 12.8. The van der Waals surface area contributed by atoms with Crippen LogP contribution in [0.3, 0.4) is 0 Å². The molecule has 5 heteroatoms. The number of hydrogen-bond acceptors (Lipinski definition) is 4. The van der Waals surface area contributed by atoms with Gasteiger partial charge in [0.2, 0.25) is 5.91 Å². The SMILES string of the molecule is CC(C)C(SCC1CCCO1)C(=O)Nc1cccc2ncccc12. The van der Waals surface area contributed by atoms with E-state index in [9.17, 15) is 4.79 Å². The molecule has 1 aromatic carbocycles. The molecule has 1 aromatic heterocycles. The standard InChI is InChI=1S/C19H24N2O2S/c1-13(2)18(24-12-14-6-5-11-23-14)19(22)21-17-9-3-8-16-15(17)7-4-10-20-16/h3-4,7-10,13-14,18H,5-6,11-12H2,1-2H3,(H,21,22). The quantitative estimate of drug-likeness (QED) is 0.857. The average Bonchev–Trinajstić information content (AvgIpc) is 3.08. The number of nitrogens with zero attached hydrogens (tertiary/aromatic N) is 1. The topological polar surface area (TPSA) is 51.2 Å². The number of benzene rings is 1. The van der Waals surface area contributed by atoms with Crippen molar-refractivity contribution in [3.8, 4) is 0 Å². The van der Waals surface area contributed by atoms with E-state index in [1.54, 1.807) is 18.0 Å². The summed E-state index contributed by atoms with van der Waals surface area (Å²) in [7, 11) is 0.